The molecule has 1 N–H and O–H groups in total. The zero-order valence-corrected chi connectivity index (χ0v) is 13.6. The average Bonchev–Trinajstić information content (AvgIpc) is 2.92. The number of hydrogen-bond acceptors (Lipinski definition) is 5. The van der Waals surface area contributed by atoms with Crippen LogP contribution in [-0.2, 0) is 25.4 Å². The van der Waals surface area contributed by atoms with Gasteiger partial charge < -0.3 is 14.4 Å². The number of nitrogens with zero attached hydrogens (tertiary/aromatic N) is 4. The highest BCUT2D eigenvalue weighted by molar-refractivity contribution is 5.69. The van der Waals surface area contributed by atoms with E-state index in [1.165, 1.54) is 22.5 Å². The van der Waals surface area contributed by atoms with E-state index in [1.54, 1.807) is 7.05 Å². The topological polar surface area (TPSA) is 91.3 Å². The van der Waals surface area contributed by atoms with Gasteiger partial charge in [-0.25, -0.2) is 9.78 Å². The quantitative estimate of drug-likeness (QED) is 0.806. The summed E-state index contributed by atoms with van der Waals surface area (Å²) in [4.78, 5) is 28.9. The van der Waals surface area contributed by atoms with Crippen LogP contribution in [0.3, 0.4) is 0 Å². The van der Waals surface area contributed by atoms with E-state index in [4.69, 9.17) is 4.74 Å². The summed E-state index contributed by atoms with van der Waals surface area (Å²) in [7, 11) is 3.06. The molecule has 0 aliphatic carbocycles. The predicted molar refractivity (Wildman–Crippen MR) is 80.2 cm³/mol. The van der Waals surface area contributed by atoms with Crippen LogP contribution < -0.4 is 11.2 Å². The van der Waals surface area contributed by atoms with E-state index in [0.717, 1.165) is 4.57 Å². The summed E-state index contributed by atoms with van der Waals surface area (Å²) in [5, 5.41) is 9.60. The molecule has 0 radical (unpaired) electrons. The van der Waals surface area contributed by atoms with Crippen LogP contribution in [0.15, 0.2) is 15.9 Å². The number of fused-ring (bicyclic) bond motifs is 1. The Morgan fingerprint density at radius 3 is 2.64 bits per heavy atom. The van der Waals surface area contributed by atoms with E-state index in [9.17, 15) is 27.9 Å². The molecule has 25 heavy (non-hydrogen) atoms. The SMILES string of the molecule is Cn1cnc2c1c(=O)n(CC1CCC(O)(C(F)(F)F)CO1)c(=O)n2C. The van der Waals surface area contributed by atoms with Crippen molar-refractivity contribution in [2.75, 3.05) is 6.61 Å². The summed E-state index contributed by atoms with van der Waals surface area (Å²) in [6.45, 7) is -1.12. The molecule has 3 rings (SSSR count). The fourth-order valence-electron chi connectivity index (χ4n) is 2.94. The van der Waals surface area contributed by atoms with Crippen molar-refractivity contribution >= 4 is 11.2 Å². The van der Waals surface area contributed by atoms with Crippen LogP contribution in [0.25, 0.3) is 11.2 Å². The van der Waals surface area contributed by atoms with Crippen LogP contribution in [0.1, 0.15) is 12.8 Å². The summed E-state index contributed by atoms with van der Waals surface area (Å²) < 4.78 is 47.1. The molecule has 1 saturated heterocycles. The molecule has 0 aromatic carbocycles. The van der Waals surface area contributed by atoms with E-state index in [-0.39, 0.29) is 24.1 Å². The van der Waals surface area contributed by atoms with Crippen molar-refractivity contribution in [2.24, 2.45) is 14.1 Å². The lowest BCUT2D eigenvalue weighted by Gasteiger charge is -2.37. The van der Waals surface area contributed by atoms with Crippen molar-refractivity contribution in [3.63, 3.8) is 0 Å². The van der Waals surface area contributed by atoms with Crippen LogP contribution in [0.5, 0.6) is 0 Å². The minimum absolute atomic E-state index is 0.130. The Balaban J connectivity index is 1.89. The van der Waals surface area contributed by atoms with Gasteiger partial charge in [0.1, 0.15) is 0 Å². The van der Waals surface area contributed by atoms with Crippen LogP contribution in [0, 0.1) is 0 Å². The lowest BCUT2D eigenvalue weighted by atomic mass is 9.93. The zero-order valence-electron chi connectivity index (χ0n) is 13.6. The first-order chi connectivity index (χ1) is 11.5. The fourth-order valence-corrected chi connectivity index (χ4v) is 2.94. The van der Waals surface area contributed by atoms with Gasteiger partial charge >= 0.3 is 11.9 Å². The maximum Gasteiger partial charge on any atom is 0.419 e. The first-order valence-corrected chi connectivity index (χ1v) is 7.57. The molecule has 2 unspecified atom stereocenters. The Labute approximate surface area is 139 Å². The molecule has 2 atom stereocenters. The number of aryl methyl sites for hydroxylation is 2. The summed E-state index contributed by atoms with van der Waals surface area (Å²) in [6.07, 6.45) is -4.85. The van der Waals surface area contributed by atoms with Crippen LogP contribution in [0.4, 0.5) is 13.2 Å². The number of alkyl halides is 3. The van der Waals surface area contributed by atoms with E-state index in [0.29, 0.717) is 0 Å². The van der Waals surface area contributed by atoms with Gasteiger partial charge in [-0.2, -0.15) is 13.2 Å². The molecule has 2 aromatic heterocycles. The minimum Gasteiger partial charge on any atom is -0.379 e. The molecule has 8 nitrogen and oxygen atoms in total. The maximum absolute atomic E-state index is 12.8. The van der Waals surface area contributed by atoms with Crippen LogP contribution in [-0.4, -0.2) is 48.3 Å². The Kier molecular flexibility index (Phi) is 4.03. The largest absolute Gasteiger partial charge is 0.419 e. The first kappa shape index (κ1) is 17.7. The Hall–Kier alpha value is -2.14. The number of halogens is 3. The van der Waals surface area contributed by atoms with Gasteiger partial charge in [0, 0.05) is 14.1 Å². The number of ether oxygens (including phenoxy) is 1. The predicted octanol–water partition coefficient (Wildman–Crippen LogP) is -0.0939. The van der Waals surface area contributed by atoms with Crippen molar-refractivity contribution in [1.82, 2.24) is 18.7 Å². The van der Waals surface area contributed by atoms with Crippen LogP contribution in [0.2, 0.25) is 0 Å². The summed E-state index contributed by atoms with van der Waals surface area (Å²) in [6, 6.07) is 0. The molecular formula is C14H17F3N4O4. The zero-order chi connectivity index (χ0) is 18.6. The second kappa shape index (κ2) is 5.70. The molecule has 0 spiro atoms. The number of aliphatic hydroxyl groups is 1. The van der Waals surface area contributed by atoms with Crippen molar-refractivity contribution in [3.8, 4) is 0 Å². The highest BCUT2D eigenvalue weighted by atomic mass is 19.4. The standard InChI is InChI=1S/C14H17F3N4O4/c1-19-7-18-10-9(19)11(22)21(12(23)20(10)2)5-8-3-4-13(24,6-25-8)14(15,16)17/h7-8,24H,3-6H2,1-2H3. The van der Waals surface area contributed by atoms with E-state index >= 15 is 0 Å². The third kappa shape index (κ3) is 2.76. The monoisotopic (exact) mass is 362 g/mol. The Bertz CT molecular complexity index is 919. The maximum atomic E-state index is 12.8. The first-order valence-electron chi connectivity index (χ1n) is 7.57. The molecule has 138 valence electrons. The van der Waals surface area contributed by atoms with Gasteiger partial charge in [-0.05, 0) is 12.8 Å². The number of rotatable bonds is 2. The van der Waals surface area contributed by atoms with E-state index in [2.05, 4.69) is 4.98 Å². The molecular weight excluding hydrogens is 345 g/mol. The van der Waals surface area contributed by atoms with Gasteiger partial charge in [0.2, 0.25) is 0 Å². The average molecular weight is 362 g/mol. The van der Waals surface area contributed by atoms with Crippen LogP contribution >= 0.6 is 0 Å². The number of hydrogen-bond donors (Lipinski definition) is 1. The summed E-state index contributed by atoms with van der Waals surface area (Å²) in [5.41, 5.74) is -3.67. The minimum atomic E-state index is -4.79. The van der Waals surface area contributed by atoms with Gasteiger partial charge in [-0.3, -0.25) is 13.9 Å². The highest BCUT2D eigenvalue weighted by Crippen LogP contribution is 2.37. The third-order valence-electron chi connectivity index (χ3n) is 4.55. The van der Waals surface area contributed by atoms with Gasteiger partial charge in [-0.1, -0.05) is 0 Å². The lowest BCUT2D eigenvalue weighted by Crippen LogP contribution is -2.54. The van der Waals surface area contributed by atoms with E-state index < -0.39 is 42.2 Å². The van der Waals surface area contributed by atoms with E-state index in [1.807, 2.05) is 0 Å². The molecule has 0 bridgehead atoms. The van der Waals surface area contributed by atoms with Crippen molar-refractivity contribution in [3.05, 3.63) is 27.2 Å². The van der Waals surface area contributed by atoms with Gasteiger partial charge in [0.25, 0.3) is 5.56 Å². The molecule has 11 heteroatoms. The second-order valence-electron chi connectivity index (χ2n) is 6.29. The summed E-state index contributed by atoms with van der Waals surface area (Å²) >= 11 is 0. The molecule has 1 aliphatic heterocycles. The van der Waals surface area contributed by atoms with Crippen molar-refractivity contribution in [2.45, 2.75) is 37.3 Å². The Morgan fingerprint density at radius 1 is 1.40 bits per heavy atom. The number of aromatic nitrogens is 4. The Morgan fingerprint density at radius 2 is 2.08 bits per heavy atom. The highest BCUT2D eigenvalue weighted by Gasteiger charge is 2.55. The smallest absolute Gasteiger partial charge is 0.379 e. The fraction of sp³-hybridized carbons (Fsp3) is 0.643. The van der Waals surface area contributed by atoms with Crippen molar-refractivity contribution < 1.29 is 23.0 Å². The second-order valence-corrected chi connectivity index (χ2v) is 6.29. The normalized spacial score (nSPS) is 24.8. The number of imidazole rings is 1. The molecule has 1 aliphatic rings. The van der Waals surface area contributed by atoms with Gasteiger partial charge in [0.05, 0.1) is 25.6 Å². The van der Waals surface area contributed by atoms with Gasteiger partial charge in [0.15, 0.2) is 16.8 Å². The van der Waals surface area contributed by atoms with Crippen molar-refractivity contribution in [1.29, 1.82) is 0 Å². The molecule has 3 heterocycles. The summed E-state index contributed by atoms with van der Waals surface area (Å²) in [5.74, 6) is 0. The molecule has 1 fully saturated rings. The molecule has 0 amide bonds. The third-order valence-corrected chi connectivity index (χ3v) is 4.55. The molecule has 0 saturated carbocycles. The molecule has 2 aromatic rings. The lowest BCUT2D eigenvalue weighted by molar-refractivity contribution is -0.295. The van der Waals surface area contributed by atoms with Gasteiger partial charge in [-0.15, -0.1) is 0 Å².